The summed E-state index contributed by atoms with van der Waals surface area (Å²) >= 11 is 13.3. The van der Waals surface area contributed by atoms with Crippen LogP contribution in [0.1, 0.15) is 5.56 Å². The smallest absolute Gasteiger partial charge is 0.261 e. The van der Waals surface area contributed by atoms with Crippen LogP contribution >= 0.6 is 35.0 Å². The van der Waals surface area contributed by atoms with Crippen molar-refractivity contribution in [2.75, 3.05) is 11.0 Å². The third-order valence-corrected chi connectivity index (χ3v) is 5.66. The number of benzene rings is 2. The van der Waals surface area contributed by atoms with Gasteiger partial charge in [-0.15, -0.1) is 11.8 Å². The maximum atomic E-state index is 12.4. The Hall–Kier alpha value is -0.880. The molecule has 1 N–H and O–H groups in total. The van der Waals surface area contributed by atoms with E-state index in [1.54, 1.807) is 31.2 Å². The van der Waals surface area contributed by atoms with Gasteiger partial charge in [0.05, 0.1) is 10.6 Å². The van der Waals surface area contributed by atoms with Crippen LogP contribution in [0.2, 0.25) is 10.0 Å². The molecule has 3 nitrogen and oxygen atoms in total. The fourth-order valence-corrected chi connectivity index (χ4v) is 3.79. The Bertz CT molecular complexity index is 777. The number of hydrogen-bond acceptors (Lipinski definition) is 3. The van der Waals surface area contributed by atoms with Crippen molar-refractivity contribution < 1.29 is 8.42 Å². The summed E-state index contributed by atoms with van der Waals surface area (Å²) < 4.78 is 27.4. The molecule has 2 rings (SSSR count). The van der Waals surface area contributed by atoms with Crippen molar-refractivity contribution >= 4 is 50.7 Å². The number of anilines is 1. The van der Waals surface area contributed by atoms with Gasteiger partial charge in [-0.2, -0.15) is 0 Å². The lowest BCUT2D eigenvalue weighted by Crippen LogP contribution is -2.13. The second-order valence-corrected chi connectivity index (χ2v) is 7.74. The molecule has 0 aromatic heterocycles. The van der Waals surface area contributed by atoms with Crippen molar-refractivity contribution in [1.82, 2.24) is 0 Å². The number of halogens is 2. The van der Waals surface area contributed by atoms with Gasteiger partial charge in [0.1, 0.15) is 0 Å². The monoisotopic (exact) mass is 361 g/mol. The minimum atomic E-state index is -3.68. The molecular weight excluding hydrogens is 349 g/mol. The highest BCUT2D eigenvalue weighted by molar-refractivity contribution is 7.99. The quantitative estimate of drug-likeness (QED) is 0.793. The summed E-state index contributed by atoms with van der Waals surface area (Å²) in [4.78, 5) is 0.963. The van der Waals surface area contributed by atoms with E-state index in [0.29, 0.717) is 21.3 Å². The zero-order chi connectivity index (χ0) is 15.6. The topological polar surface area (TPSA) is 46.2 Å². The molecule has 0 saturated heterocycles. The molecule has 0 saturated carbocycles. The van der Waals surface area contributed by atoms with Gasteiger partial charge in [-0.05, 0) is 55.1 Å². The van der Waals surface area contributed by atoms with Gasteiger partial charge in [-0.25, -0.2) is 8.42 Å². The van der Waals surface area contributed by atoms with E-state index in [-0.39, 0.29) is 4.90 Å². The number of nitrogens with one attached hydrogen (secondary N) is 1. The Morgan fingerprint density at radius 2 is 1.81 bits per heavy atom. The van der Waals surface area contributed by atoms with Gasteiger partial charge < -0.3 is 0 Å². The fourth-order valence-electron chi connectivity index (χ4n) is 1.75. The van der Waals surface area contributed by atoms with Crippen LogP contribution in [0, 0.1) is 6.92 Å². The maximum Gasteiger partial charge on any atom is 0.261 e. The number of rotatable bonds is 4. The van der Waals surface area contributed by atoms with Crippen LogP contribution in [0.3, 0.4) is 0 Å². The van der Waals surface area contributed by atoms with E-state index in [0.717, 1.165) is 4.90 Å². The molecular formula is C14H13Cl2NO2S2. The SMILES string of the molecule is CSc1ccc(Cl)cc1NS(=O)(=O)c1ccc(Cl)c(C)c1. The molecule has 0 aliphatic rings. The lowest BCUT2D eigenvalue weighted by molar-refractivity contribution is 0.601. The number of thioether (sulfide) groups is 1. The third-order valence-electron chi connectivity index (χ3n) is 2.85. The number of aryl methyl sites for hydroxylation is 1. The number of hydrogen-bond donors (Lipinski definition) is 1. The largest absolute Gasteiger partial charge is 0.278 e. The maximum absolute atomic E-state index is 12.4. The molecule has 21 heavy (non-hydrogen) atoms. The minimum absolute atomic E-state index is 0.163. The van der Waals surface area contributed by atoms with Crippen LogP contribution in [0.4, 0.5) is 5.69 Å². The molecule has 0 fully saturated rings. The van der Waals surface area contributed by atoms with E-state index in [2.05, 4.69) is 4.72 Å². The average molecular weight is 362 g/mol. The zero-order valence-electron chi connectivity index (χ0n) is 11.4. The highest BCUT2D eigenvalue weighted by Gasteiger charge is 2.17. The molecule has 0 amide bonds. The van der Waals surface area contributed by atoms with Crippen LogP contribution in [0.15, 0.2) is 46.2 Å². The predicted octanol–water partition coefficient (Wildman–Crippen LogP) is 4.82. The Balaban J connectivity index is 2.41. The first-order chi connectivity index (χ1) is 9.83. The molecule has 7 heteroatoms. The normalized spacial score (nSPS) is 11.4. The molecule has 0 aliphatic carbocycles. The van der Waals surface area contributed by atoms with E-state index in [1.165, 1.54) is 23.9 Å². The lowest BCUT2D eigenvalue weighted by Gasteiger charge is -2.12. The summed E-state index contributed by atoms with van der Waals surface area (Å²) in [5.74, 6) is 0. The highest BCUT2D eigenvalue weighted by Crippen LogP contribution is 2.30. The van der Waals surface area contributed by atoms with Crippen LogP contribution in [0.25, 0.3) is 0 Å². The van der Waals surface area contributed by atoms with E-state index in [9.17, 15) is 8.42 Å². The van der Waals surface area contributed by atoms with Crippen molar-refractivity contribution in [3.05, 3.63) is 52.0 Å². The van der Waals surface area contributed by atoms with Gasteiger partial charge >= 0.3 is 0 Å². The van der Waals surface area contributed by atoms with Crippen molar-refractivity contribution in [3.8, 4) is 0 Å². The summed E-state index contributed by atoms with van der Waals surface area (Å²) in [7, 11) is -3.68. The molecule has 112 valence electrons. The van der Waals surface area contributed by atoms with Crippen molar-refractivity contribution in [2.45, 2.75) is 16.7 Å². The first-order valence-corrected chi connectivity index (χ1v) is 9.42. The summed E-state index contributed by atoms with van der Waals surface area (Å²) in [6, 6.07) is 9.66. The molecule has 0 radical (unpaired) electrons. The standard InChI is InChI=1S/C14H13Cl2NO2S2/c1-9-7-11(4-5-12(9)16)21(18,19)17-13-8-10(15)3-6-14(13)20-2/h3-8,17H,1-2H3. The van der Waals surface area contributed by atoms with Gasteiger partial charge in [0, 0.05) is 14.9 Å². The Morgan fingerprint density at radius 3 is 2.43 bits per heavy atom. The minimum Gasteiger partial charge on any atom is -0.278 e. The van der Waals surface area contributed by atoms with Crippen LogP contribution in [0.5, 0.6) is 0 Å². The van der Waals surface area contributed by atoms with E-state index in [4.69, 9.17) is 23.2 Å². The summed E-state index contributed by atoms with van der Waals surface area (Å²) in [5.41, 5.74) is 1.17. The molecule has 0 aliphatic heterocycles. The first-order valence-electron chi connectivity index (χ1n) is 5.96. The lowest BCUT2D eigenvalue weighted by atomic mass is 10.2. The van der Waals surface area contributed by atoms with Gasteiger partial charge in [0.2, 0.25) is 0 Å². The molecule has 0 heterocycles. The third kappa shape index (κ3) is 3.86. The van der Waals surface area contributed by atoms with Gasteiger partial charge in [-0.1, -0.05) is 23.2 Å². The summed E-state index contributed by atoms with van der Waals surface area (Å²) in [5, 5.41) is 0.999. The van der Waals surface area contributed by atoms with Crippen molar-refractivity contribution in [1.29, 1.82) is 0 Å². The fraction of sp³-hybridized carbons (Fsp3) is 0.143. The molecule has 0 bridgehead atoms. The molecule has 0 atom stereocenters. The van der Waals surface area contributed by atoms with Gasteiger partial charge in [-0.3, -0.25) is 4.72 Å². The van der Waals surface area contributed by atoms with Crippen LogP contribution in [-0.4, -0.2) is 14.7 Å². The van der Waals surface area contributed by atoms with Gasteiger partial charge in [0.15, 0.2) is 0 Å². The molecule has 2 aromatic rings. The Kier molecular flexibility index (Phi) is 5.09. The molecule has 2 aromatic carbocycles. The molecule has 0 unspecified atom stereocenters. The Morgan fingerprint density at radius 1 is 1.10 bits per heavy atom. The van der Waals surface area contributed by atoms with Crippen molar-refractivity contribution in [2.24, 2.45) is 0 Å². The van der Waals surface area contributed by atoms with Crippen LogP contribution in [-0.2, 0) is 10.0 Å². The average Bonchev–Trinajstić information content (AvgIpc) is 2.41. The summed E-state index contributed by atoms with van der Waals surface area (Å²) in [6.45, 7) is 1.76. The zero-order valence-corrected chi connectivity index (χ0v) is 14.5. The number of sulfonamides is 1. The predicted molar refractivity (Wildman–Crippen MR) is 90.2 cm³/mol. The molecule has 0 spiro atoms. The van der Waals surface area contributed by atoms with E-state index >= 15 is 0 Å². The Labute approximate surface area is 138 Å². The van der Waals surface area contributed by atoms with E-state index < -0.39 is 10.0 Å². The van der Waals surface area contributed by atoms with Crippen molar-refractivity contribution in [3.63, 3.8) is 0 Å². The first kappa shape index (κ1) is 16.5. The van der Waals surface area contributed by atoms with E-state index in [1.807, 2.05) is 6.26 Å². The second kappa shape index (κ2) is 6.48. The second-order valence-electron chi connectivity index (χ2n) is 4.36. The van der Waals surface area contributed by atoms with Crippen LogP contribution < -0.4 is 4.72 Å². The highest BCUT2D eigenvalue weighted by atomic mass is 35.5. The van der Waals surface area contributed by atoms with Gasteiger partial charge in [0.25, 0.3) is 10.0 Å². The summed E-state index contributed by atoms with van der Waals surface area (Å²) in [6.07, 6.45) is 1.87.